The average molecular weight is 336 g/mol. The Morgan fingerprint density at radius 2 is 2.17 bits per heavy atom. The molecule has 12 heavy (non-hydrogen) atoms. The number of pyridine rings is 1. The van der Waals surface area contributed by atoms with Gasteiger partial charge in [-0.2, -0.15) is 6.42 Å². The first-order valence-electron chi connectivity index (χ1n) is 3.56. The molecule has 0 aliphatic rings. The van der Waals surface area contributed by atoms with Gasteiger partial charge in [-0.1, -0.05) is 12.5 Å². The van der Waals surface area contributed by atoms with E-state index in [0.29, 0.717) is 0 Å². The third-order valence-electron chi connectivity index (χ3n) is 1.19. The van der Waals surface area contributed by atoms with Crippen molar-refractivity contribution >= 4 is 0 Å². The zero-order valence-electron chi connectivity index (χ0n) is 7.23. The fraction of sp³-hybridized carbons (Fsp3) is 0.333. The second-order valence-corrected chi connectivity index (χ2v) is 1.96. The molecule has 0 aromatic carbocycles. The summed E-state index contributed by atoms with van der Waals surface area (Å²) in [4.78, 5) is 3.98. The van der Waals surface area contributed by atoms with Crippen molar-refractivity contribution in [3.63, 3.8) is 0 Å². The molecule has 0 aliphatic carbocycles. The SMILES string of the molecule is CO.[CH2-]CCc1cccnc1.[W]. The number of aliphatic hydroxyl groups excluding tert-OH is 1. The van der Waals surface area contributed by atoms with E-state index in [-0.39, 0.29) is 21.1 Å². The molecule has 0 saturated carbocycles. The number of rotatable bonds is 2. The van der Waals surface area contributed by atoms with Crippen LogP contribution in [0.1, 0.15) is 12.0 Å². The zero-order valence-corrected chi connectivity index (χ0v) is 10.2. The van der Waals surface area contributed by atoms with Crippen molar-refractivity contribution in [3.05, 3.63) is 37.0 Å². The number of hydrogen-bond donors (Lipinski definition) is 1. The Bertz CT molecular complexity index is 167. The smallest absolute Gasteiger partial charge is 0.0319 e. The zero-order chi connectivity index (χ0) is 8.53. The molecule has 0 saturated heterocycles. The molecule has 0 radical (unpaired) electrons. The Morgan fingerprint density at radius 1 is 1.50 bits per heavy atom. The molecule has 1 rings (SSSR count). The molecule has 0 spiro atoms. The van der Waals surface area contributed by atoms with E-state index in [2.05, 4.69) is 18.0 Å². The van der Waals surface area contributed by atoms with Crippen molar-refractivity contribution in [3.8, 4) is 0 Å². The first-order valence-corrected chi connectivity index (χ1v) is 3.56. The van der Waals surface area contributed by atoms with Gasteiger partial charge in [0.2, 0.25) is 0 Å². The van der Waals surface area contributed by atoms with Gasteiger partial charge in [-0.05, 0) is 11.6 Å². The van der Waals surface area contributed by atoms with E-state index in [1.807, 2.05) is 12.3 Å². The molecule has 2 nitrogen and oxygen atoms in total. The Hall–Kier alpha value is -0.202. The summed E-state index contributed by atoms with van der Waals surface area (Å²) < 4.78 is 0. The molecule has 0 aliphatic heterocycles. The Kier molecular flexibility index (Phi) is 12.9. The number of nitrogens with zero attached hydrogens (tertiary/aromatic N) is 1. The summed E-state index contributed by atoms with van der Waals surface area (Å²) in [5.41, 5.74) is 1.27. The number of aromatic nitrogens is 1. The quantitative estimate of drug-likeness (QED) is 0.830. The minimum absolute atomic E-state index is 0. The van der Waals surface area contributed by atoms with Gasteiger partial charge in [-0.3, -0.25) is 4.98 Å². The van der Waals surface area contributed by atoms with Crippen molar-refractivity contribution < 1.29 is 26.2 Å². The summed E-state index contributed by atoms with van der Waals surface area (Å²) in [5, 5.41) is 7.00. The first kappa shape index (κ1) is 14.3. The van der Waals surface area contributed by atoms with Gasteiger partial charge in [0, 0.05) is 40.6 Å². The van der Waals surface area contributed by atoms with Crippen LogP contribution in [0.3, 0.4) is 0 Å². The van der Waals surface area contributed by atoms with Gasteiger partial charge in [-0.25, -0.2) is 0 Å². The minimum atomic E-state index is 0. The maximum atomic E-state index is 7.00. The summed E-state index contributed by atoms with van der Waals surface area (Å²) in [6, 6.07) is 4.02. The maximum Gasteiger partial charge on any atom is 0.0319 e. The Balaban J connectivity index is 0. The van der Waals surface area contributed by atoms with Crippen LogP contribution in [-0.4, -0.2) is 17.2 Å². The first-order chi connectivity index (χ1) is 5.43. The van der Waals surface area contributed by atoms with Crippen LogP contribution in [0.5, 0.6) is 0 Å². The molecule has 0 amide bonds. The van der Waals surface area contributed by atoms with E-state index in [0.717, 1.165) is 20.0 Å². The van der Waals surface area contributed by atoms with Crippen molar-refractivity contribution in [2.24, 2.45) is 0 Å². The number of aryl methyl sites for hydroxylation is 1. The van der Waals surface area contributed by atoms with Crippen LogP contribution in [-0.2, 0) is 27.5 Å². The summed E-state index contributed by atoms with van der Waals surface area (Å²) in [6.45, 7) is 3.75. The normalized spacial score (nSPS) is 7.58. The van der Waals surface area contributed by atoms with Gasteiger partial charge in [0.15, 0.2) is 0 Å². The van der Waals surface area contributed by atoms with E-state index in [9.17, 15) is 0 Å². The monoisotopic (exact) mass is 336 g/mol. The third-order valence-corrected chi connectivity index (χ3v) is 1.19. The molecule has 1 aromatic heterocycles. The summed E-state index contributed by atoms with van der Waals surface area (Å²) >= 11 is 0. The van der Waals surface area contributed by atoms with Gasteiger partial charge in [0.25, 0.3) is 0 Å². The fourth-order valence-corrected chi connectivity index (χ4v) is 0.750. The molecule has 1 heterocycles. The van der Waals surface area contributed by atoms with E-state index < -0.39 is 0 Å². The number of hydrogen-bond acceptors (Lipinski definition) is 2. The van der Waals surface area contributed by atoms with Crippen LogP contribution in [0.2, 0.25) is 0 Å². The van der Waals surface area contributed by atoms with Crippen LogP contribution < -0.4 is 0 Å². The largest absolute Gasteiger partial charge is 0.400 e. The number of aliphatic hydroxyl groups is 1. The molecule has 0 atom stereocenters. The Labute approximate surface area is 88.3 Å². The van der Waals surface area contributed by atoms with Gasteiger partial charge in [0.05, 0.1) is 0 Å². The third kappa shape index (κ3) is 6.50. The minimum Gasteiger partial charge on any atom is -0.400 e. The van der Waals surface area contributed by atoms with Crippen molar-refractivity contribution in [1.82, 2.24) is 4.98 Å². The molecule has 0 bridgehead atoms. The second kappa shape index (κ2) is 10.8. The van der Waals surface area contributed by atoms with E-state index in [1.54, 1.807) is 6.20 Å². The van der Waals surface area contributed by atoms with Crippen LogP contribution in [0.4, 0.5) is 0 Å². The van der Waals surface area contributed by atoms with Crippen molar-refractivity contribution in [2.75, 3.05) is 7.11 Å². The van der Waals surface area contributed by atoms with E-state index >= 15 is 0 Å². The van der Waals surface area contributed by atoms with Crippen LogP contribution >= 0.6 is 0 Å². The molecule has 68 valence electrons. The molecular formula is C9H14NOW-. The van der Waals surface area contributed by atoms with Crippen molar-refractivity contribution in [1.29, 1.82) is 0 Å². The fourth-order valence-electron chi connectivity index (χ4n) is 0.750. The Morgan fingerprint density at radius 3 is 2.58 bits per heavy atom. The average Bonchev–Trinajstić information content (AvgIpc) is 2.11. The van der Waals surface area contributed by atoms with Gasteiger partial charge >= 0.3 is 0 Å². The molecule has 0 fully saturated rings. The second-order valence-electron chi connectivity index (χ2n) is 1.96. The van der Waals surface area contributed by atoms with E-state index in [4.69, 9.17) is 5.11 Å². The molecular weight excluding hydrogens is 322 g/mol. The van der Waals surface area contributed by atoms with Gasteiger partial charge in [0.1, 0.15) is 0 Å². The topological polar surface area (TPSA) is 33.1 Å². The van der Waals surface area contributed by atoms with Crippen molar-refractivity contribution in [2.45, 2.75) is 12.8 Å². The predicted molar refractivity (Wildman–Crippen MR) is 46.1 cm³/mol. The molecule has 1 aromatic rings. The summed E-state index contributed by atoms with van der Waals surface area (Å²) in [6.07, 6.45) is 5.65. The maximum absolute atomic E-state index is 7.00. The molecule has 0 unspecified atom stereocenters. The van der Waals surface area contributed by atoms with E-state index in [1.165, 1.54) is 5.56 Å². The van der Waals surface area contributed by atoms with Gasteiger partial charge in [-0.15, -0.1) is 0 Å². The molecule has 1 N–H and O–H groups in total. The van der Waals surface area contributed by atoms with Gasteiger partial charge < -0.3 is 12.0 Å². The summed E-state index contributed by atoms with van der Waals surface area (Å²) in [7, 11) is 1.00. The van der Waals surface area contributed by atoms with Crippen LogP contribution in [0, 0.1) is 6.92 Å². The summed E-state index contributed by atoms with van der Waals surface area (Å²) in [5.74, 6) is 0. The standard InChI is InChI=1S/C8H10N.CH4O.W/c1-2-4-8-5-3-6-9-7-8;1-2;/h3,5-7H,1-2,4H2;2H,1H3;/q-1;;. The molecule has 3 heteroatoms. The predicted octanol–water partition coefficient (Wildman–Crippen LogP) is 1.45. The van der Waals surface area contributed by atoms with Crippen LogP contribution in [0.15, 0.2) is 24.5 Å². The van der Waals surface area contributed by atoms with Crippen LogP contribution in [0.25, 0.3) is 0 Å².